The lowest BCUT2D eigenvalue weighted by atomic mass is 10.2. The van der Waals surface area contributed by atoms with E-state index in [1.54, 1.807) is 18.2 Å². The molecule has 3 amide bonds. The summed E-state index contributed by atoms with van der Waals surface area (Å²) in [6.07, 6.45) is 2.04. The third-order valence-corrected chi connectivity index (χ3v) is 4.88. The quantitative estimate of drug-likeness (QED) is 0.178. The van der Waals surface area contributed by atoms with E-state index in [1.165, 1.54) is 6.21 Å². The first-order valence-corrected chi connectivity index (χ1v) is 11.6. The van der Waals surface area contributed by atoms with Gasteiger partial charge in [-0.05, 0) is 57.0 Å². The Balaban J connectivity index is 1.86. The molecule has 182 valence electrons. The molecule has 2 rings (SSSR count). The van der Waals surface area contributed by atoms with Gasteiger partial charge in [0.05, 0.1) is 12.3 Å². The summed E-state index contributed by atoms with van der Waals surface area (Å²) in [5, 5.41) is 9.12. The van der Waals surface area contributed by atoms with E-state index in [9.17, 15) is 14.4 Å². The van der Waals surface area contributed by atoms with Gasteiger partial charge < -0.3 is 20.1 Å². The van der Waals surface area contributed by atoms with Crippen LogP contribution in [0.15, 0.2) is 52.0 Å². The molecule has 34 heavy (non-hydrogen) atoms. The van der Waals surface area contributed by atoms with Gasteiger partial charge in [-0.3, -0.25) is 14.4 Å². The highest BCUT2D eigenvalue weighted by atomic mass is 79.9. The highest BCUT2D eigenvalue weighted by Crippen LogP contribution is 2.22. The SMILES string of the molecule is Cc1ccccc1NC(=O)COc1ccc(Br)cc1/C=N\NC(=O)C(=O)NCCCOC(C)C. The minimum atomic E-state index is -0.892. The van der Waals surface area contributed by atoms with Crippen LogP contribution in [-0.2, 0) is 19.1 Å². The van der Waals surface area contributed by atoms with E-state index in [0.29, 0.717) is 36.6 Å². The number of carbonyl (C=O) groups is 3. The number of benzene rings is 2. The Labute approximate surface area is 207 Å². The number of nitrogens with zero attached hydrogens (tertiary/aromatic N) is 1. The average molecular weight is 533 g/mol. The minimum absolute atomic E-state index is 0.114. The largest absolute Gasteiger partial charge is 0.483 e. The Morgan fingerprint density at radius 1 is 1.12 bits per heavy atom. The van der Waals surface area contributed by atoms with Crippen LogP contribution < -0.4 is 20.8 Å². The highest BCUT2D eigenvalue weighted by Gasteiger charge is 2.12. The van der Waals surface area contributed by atoms with Gasteiger partial charge in [-0.25, -0.2) is 5.43 Å². The lowest BCUT2D eigenvalue weighted by Gasteiger charge is -2.11. The standard InChI is InChI=1S/C24H29BrN4O5/c1-16(2)33-12-6-11-26-23(31)24(32)29-27-14-18-13-19(25)9-10-21(18)34-15-22(30)28-20-8-5-4-7-17(20)3/h4-5,7-10,13-14,16H,6,11-12,15H2,1-3H3,(H,26,31)(H,28,30)(H,29,32)/b27-14-. The van der Waals surface area contributed by atoms with Crippen LogP contribution in [0.1, 0.15) is 31.4 Å². The molecule has 0 heterocycles. The van der Waals surface area contributed by atoms with Gasteiger partial charge in [0, 0.05) is 28.9 Å². The molecule has 0 saturated heterocycles. The van der Waals surface area contributed by atoms with Crippen molar-refractivity contribution in [2.75, 3.05) is 25.1 Å². The normalized spacial score (nSPS) is 10.9. The highest BCUT2D eigenvalue weighted by molar-refractivity contribution is 9.10. The number of hydrogen-bond donors (Lipinski definition) is 3. The summed E-state index contributed by atoms with van der Waals surface area (Å²) in [4.78, 5) is 36.0. The summed E-state index contributed by atoms with van der Waals surface area (Å²) >= 11 is 3.36. The lowest BCUT2D eigenvalue weighted by molar-refractivity contribution is -0.139. The summed E-state index contributed by atoms with van der Waals surface area (Å²) in [7, 11) is 0. The van der Waals surface area contributed by atoms with Gasteiger partial charge in [0.25, 0.3) is 5.91 Å². The van der Waals surface area contributed by atoms with Crippen molar-refractivity contribution < 1.29 is 23.9 Å². The van der Waals surface area contributed by atoms with Crippen LogP contribution in [0.25, 0.3) is 0 Å². The van der Waals surface area contributed by atoms with Crippen molar-refractivity contribution in [1.82, 2.24) is 10.7 Å². The number of carbonyl (C=O) groups excluding carboxylic acids is 3. The molecule has 9 nitrogen and oxygen atoms in total. The van der Waals surface area contributed by atoms with Gasteiger partial charge in [-0.15, -0.1) is 0 Å². The topological polar surface area (TPSA) is 118 Å². The number of hydrazone groups is 1. The van der Waals surface area contributed by atoms with Gasteiger partial charge in [0.2, 0.25) is 0 Å². The first kappa shape index (κ1) is 27.0. The Kier molecular flexibility index (Phi) is 11.2. The maximum absolute atomic E-state index is 12.3. The predicted molar refractivity (Wildman–Crippen MR) is 134 cm³/mol. The zero-order chi connectivity index (χ0) is 24.9. The molecule has 0 saturated carbocycles. The number of para-hydroxylation sites is 1. The molecule has 0 aromatic heterocycles. The van der Waals surface area contributed by atoms with Crippen LogP contribution >= 0.6 is 15.9 Å². The number of amides is 3. The molecule has 2 aromatic carbocycles. The second-order valence-electron chi connectivity index (χ2n) is 7.56. The monoisotopic (exact) mass is 532 g/mol. The van der Waals surface area contributed by atoms with Crippen molar-refractivity contribution in [2.45, 2.75) is 33.3 Å². The molecule has 0 spiro atoms. The first-order chi connectivity index (χ1) is 16.3. The smallest absolute Gasteiger partial charge is 0.329 e. The molecular formula is C24H29BrN4O5. The molecule has 0 bridgehead atoms. The Morgan fingerprint density at radius 2 is 1.88 bits per heavy atom. The van der Waals surface area contributed by atoms with Crippen LogP contribution in [0.2, 0.25) is 0 Å². The summed E-state index contributed by atoms with van der Waals surface area (Å²) in [5.74, 6) is -1.61. The van der Waals surface area contributed by atoms with E-state index in [2.05, 4.69) is 37.1 Å². The van der Waals surface area contributed by atoms with E-state index in [0.717, 1.165) is 10.0 Å². The second kappa shape index (κ2) is 14.1. The Bertz CT molecular complexity index is 1030. The molecule has 0 aliphatic rings. The number of nitrogens with one attached hydrogen (secondary N) is 3. The van der Waals surface area contributed by atoms with Gasteiger partial charge >= 0.3 is 11.8 Å². The fourth-order valence-electron chi connectivity index (χ4n) is 2.68. The van der Waals surface area contributed by atoms with Crippen LogP contribution in [0, 0.1) is 6.92 Å². The Morgan fingerprint density at radius 3 is 2.62 bits per heavy atom. The number of rotatable bonds is 11. The number of aryl methyl sites for hydroxylation is 1. The Hall–Kier alpha value is -3.24. The molecule has 0 aliphatic carbocycles. The van der Waals surface area contributed by atoms with Crippen molar-refractivity contribution in [3.05, 3.63) is 58.1 Å². The first-order valence-electron chi connectivity index (χ1n) is 10.8. The fourth-order valence-corrected chi connectivity index (χ4v) is 3.06. The van der Waals surface area contributed by atoms with E-state index < -0.39 is 11.8 Å². The summed E-state index contributed by atoms with van der Waals surface area (Å²) in [6.45, 7) is 6.34. The second-order valence-corrected chi connectivity index (χ2v) is 8.48. The zero-order valence-electron chi connectivity index (χ0n) is 19.4. The van der Waals surface area contributed by atoms with E-state index in [-0.39, 0.29) is 18.6 Å². The predicted octanol–water partition coefficient (Wildman–Crippen LogP) is 3.16. The molecular weight excluding hydrogens is 504 g/mol. The molecule has 10 heteroatoms. The summed E-state index contributed by atoms with van der Waals surface area (Å²) in [6, 6.07) is 12.6. The molecule has 0 fully saturated rings. The number of halogens is 1. The van der Waals surface area contributed by atoms with Crippen LogP contribution in [0.4, 0.5) is 5.69 Å². The summed E-state index contributed by atoms with van der Waals surface area (Å²) < 4.78 is 11.8. The molecule has 3 N–H and O–H groups in total. The van der Waals surface area contributed by atoms with Gasteiger partial charge in [0.1, 0.15) is 5.75 Å². The van der Waals surface area contributed by atoms with Gasteiger partial charge in [-0.1, -0.05) is 34.1 Å². The van der Waals surface area contributed by atoms with Crippen molar-refractivity contribution in [2.24, 2.45) is 5.10 Å². The molecule has 2 aromatic rings. The van der Waals surface area contributed by atoms with Crippen LogP contribution in [0.5, 0.6) is 5.75 Å². The lowest BCUT2D eigenvalue weighted by Crippen LogP contribution is -2.38. The van der Waals surface area contributed by atoms with E-state index >= 15 is 0 Å². The van der Waals surface area contributed by atoms with E-state index in [4.69, 9.17) is 9.47 Å². The van der Waals surface area contributed by atoms with Gasteiger partial charge in [0.15, 0.2) is 6.61 Å². The van der Waals surface area contributed by atoms with Crippen LogP contribution in [-0.4, -0.2) is 49.8 Å². The third kappa shape index (κ3) is 9.72. The fraction of sp³-hybridized carbons (Fsp3) is 0.333. The van der Waals surface area contributed by atoms with Crippen LogP contribution in [0.3, 0.4) is 0 Å². The number of anilines is 1. The van der Waals surface area contributed by atoms with Crippen molar-refractivity contribution in [3.63, 3.8) is 0 Å². The molecule has 0 atom stereocenters. The maximum Gasteiger partial charge on any atom is 0.329 e. The number of hydrogen-bond acceptors (Lipinski definition) is 6. The summed E-state index contributed by atoms with van der Waals surface area (Å²) in [5.41, 5.74) is 4.33. The zero-order valence-corrected chi connectivity index (χ0v) is 21.0. The average Bonchev–Trinajstić information content (AvgIpc) is 2.79. The minimum Gasteiger partial charge on any atom is -0.483 e. The number of ether oxygens (including phenoxy) is 2. The maximum atomic E-state index is 12.3. The van der Waals surface area contributed by atoms with Crippen molar-refractivity contribution in [1.29, 1.82) is 0 Å². The molecule has 0 unspecified atom stereocenters. The van der Waals surface area contributed by atoms with Gasteiger partial charge in [-0.2, -0.15) is 5.10 Å². The molecule has 0 radical (unpaired) electrons. The van der Waals surface area contributed by atoms with E-state index in [1.807, 2.05) is 45.0 Å². The van der Waals surface area contributed by atoms with Crippen molar-refractivity contribution in [3.8, 4) is 5.75 Å². The molecule has 0 aliphatic heterocycles. The van der Waals surface area contributed by atoms with Crippen molar-refractivity contribution >= 4 is 45.6 Å². The third-order valence-electron chi connectivity index (χ3n) is 4.38.